The van der Waals surface area contributed by atoms with E-state index < -0.39 is 12.8 Å². The fourth-order valence-electron chi connectivity index (χ4n) is 0.109. The monoisotopic (exact) mass is 106 g/mol. The maximum Gasteiger partial charge on any atom is 0.304 e. The number of carbonyl (C=O) groups excluding carboxylic acids is 1. The third-order valence-electron chi connectivity index (χ3n) is 0.315. The molecule has 0 atom stereocenters. The van der Waals surface area contributed by atoms with Gasteiger partial charge in [0.2, 0.25) is 6.79 Å². The molecule has 0 saturated heterocycles. The van der Waals surface area contributed by atoms with Crippen LogP contribution in [0.4, 0.5) is 0 Å². The van der Waals surface area contributed by atoms with Gasteiger partial charge in [0, 0.05) is 6.92 Å². The van der Waals surface area contributed by atoms with Crippen molar-refractivity contribution in [3.8, 4) is 0 Å². The lowest BCUT2D eigenvalue weighted by atomic mass is 10.8. The van der Waals surface area contributed by atoms with E-state index in [1.54, 1.807) is 0 Å². The molecule has 0 rings (SSSR count). The molecule has 0 amide bonds. The normalized spacial score (nSPS) is 8.29. The van der Waals surface area contributed by atoms with Crippen molar-refractivity contribution in [2.75, 3.05) is 6.79 Å². The van der Waals surface area contributed by atoms with E-state index in [4.69, 9.17) is 5.26 Å². The van der Waals surface area contributed by atoms with Gasteiger partial charge in [0.05, 0.1) is 0 Å². The number of hydrogen-bond donors (Lipinski definition) is 1. The van der Waals surface area contributed by atoms with Crippen LogP contribution in [0.1, 0.15) is 6.92 Å². The van der Waals surface area contributed by atoms with Gasteiger partial charge in [0.1, 0.15) is 0 Å². The smallest absolute Gasteiger partial charge is 0.304 e. The summed E-state index contributed by atoms with van der Waals surface area (Å²) in [5, 5.41) is 7.54. The Hall–Kier alpha value is -0.610. The summed E-state index contributed by atoms with van der Waals surface area (Å²) in [5.41, 5.74) is 0. The molecule has 0 bridgehead atoms. The Kier molecular flexibility index (Phi) is 3.26. The molecule has 42 valence electrons. The molecule has 4 heteroatoms. The van der Waals surface area contributed by atoms with E-state index in [2.05, 4.69) is 9.62 Å². The molecular formula is C3H6O4. The van der Waals surface area contributed by atoms with Gasteiger partial charge in [0.25, 0.3) is 0 Å². The van der Waals surface area contributed by atoms with Crippen LogP contribution < -0.4 is 0 Å². The Balaban J connectivity index is 2.82. The third kappa shape index (κ3) is 5.39. The van der Waals surface area contributed by atoms with Crippen molar-refractivity contribution in [3.05, 3.63) is 0 Å². The molecule has 0 aliphatic carbocycles. The minimum Gasteiger partial charge on any atom is -0.436 e. The predicted molar refractivity (Wildman–Crippen MR) is 20.3 cm³/mol. The summed E-state index contributed by atoms with van der Waals surface area (Å²) in [5.74, 6) is -0.478. The molecule has 7 heavy (non-hydrogen) atoms. The van der Waals surface area contributed by atoms with Crippen LogP contribution in [0.2, 0.25) is 0 Å². The second-order valence-corrected chi connectivity index (χ2v) is 0.883. The molecule has 0 aromatic carbocycles. The first-order valence-corrected chi connectivity index (χ1v) is 1.67. The fraction of sp³-hybridized carbons (Fsp3) is 0.667. The van der Waals surface area contributed by atoms with Crippen LogP contribution in [-0.4, -0.2) is 18.0 Å². The molecule has 0 heterocycles. The lowest BCUT2D eigenvalue weighted by Gasteiger charge is -1.93. The average Bonchev–Trinajstić information content (AvgIpc) is 1.61. The van der Waals surface area contributed by atoms with E-state index >= 15 is 0 Å². The molecule has 1 N–H and O–H groups in total. The number of carbonyl (C=O) groups is 1. The summed E-state index contributed by atoms with van der Waals surface area (Å²) < 4.78 is 4.08. The Morgan fingerprint density at radius 2 is 2.43 bits per heavy atom. The number of ether oxygens (including phenoxy) is 1. The zero-order valence-corrected chi connectivity index (χ0v) is 3.88. The first-order valence-electron chi connectivity index (χ1n) is 1.67. The molecule has 0 unspecified atom stereocenters. The minimum atomic E-state index is -0.478. The lowest BCUT2D eigenvalue weighted by Crippen LogP contribution is -2.01. The maximum absolute atomic E-state index is 9.79. The standard InChI is InChI=1S/C3H6O4/c1-3(4)6-2-7-5/h5H,2H2,1H3. The van der Waals surface area contributed by atoms with Crippen LogP contribution in [0.5, 0.6) is 0 Å². The minimum absolute atomic E-state index is 0.394. The van der Waals surface area contributed by atoms with Gasteiger partial charge in [0.15, 0.2) is 0 Å². The van der Waals surface area contributed by atoms with Crippen molar-refractivity contribution in [2.45, 2.75) is 6.92 Å². The van der Waals surface area contributed by atoms with Crippen molar-refractivity contribution in [2.24, 2.45) is 0 Å². The van der Waals surface area contributed by atoms with Gasteiger partial charge < -0.3 is 4.74 Å². The van der Waals surface area contributed by atoms with Crippen LogP contribution in [-0.2, 0) is 14.4 Å². The summed E-state index contributed by atoms with van der Waals surface area (Å²) in [6.45, 7) is 0.828. The van der Waals surface area contributed by atoms with Gasteiger partial charge in [-0.2, -0.15) is 4.89 Å². The Bertz CT molecular complexity index is 60.0. The molecule has 0 aromatic heterocycles. The highest BCUT2D eigenvalue weighted by Crippen LogP contribution is 1.72. The van der Waals surface area contributed by atoms with Crippen molar-refractivity contribution in [1.82, 2.24) is 0 Å². The summed E-state index contributed by atoms with van der Waals surface area (Å²) in [4.78, 5) is 13.2. The fourth-order valence-corrected chi connectivity index (χ4v) is 0.109. The summed E-state index contributed by atoms with van der Waals surface area (Å²) in [6.07, 6.45) is 0. The number of esters is 1. The van der Waals surface area contributed by atoms with Crippen LogP contribution in [0.25, 0.3) is 0 Å². The van der Waals surface area contributed by atoms with Crippen LogP contribution in [0, 0.1) is 0 Å². The van der Waals surface area contributed by atoms with Gasteiger partial charge >= 0.3 is 5.97 Å². The van der Waals surface area contributed by atoms with Crippen molar-refractivity contribution < 1.29 is 19.7 Å². The Morgan fingerprint density at radius 3 is 2.57 bits per heavy atom. The maximum atomic E-state index is 9.79. The van der Waals surface area contributed by atoms with Gasteiger partial charge in [-0.1, -0.05) is 0 Å². The predicted octanol–water partition coefficient (Wildman–Crippen LogP) is -0.00340. The summed E-state index contributed by atoms with van der Waals surface area (Å²) >= 11 is 0. The summed E-state index contributed by atoms with van der Waals surface area (Å²) in [7, 11) is 0. The molecule has 0 fully saturated rings. The molecule has 0 spiro atoms. The second-order valence-electron chi connectivity index (χ2n) is 0.883. The highest BCUT2D eigenvalue weighted by molar-refractivity contribution is 5.65. The molecule has 0 aliphatic heterocycles. The molecular weight excluding hydrogens is 100 g/mol. The highest BCUT2D eigenvalue weighted by atomic mass is 17.1. The second kappa shape index (κ2) is 3.58. The van der Waals surface area contributed by atoms with Crippen LogP contribution in [0.3, 0.4) is 0 Å². The largest absolute Gasteiger partial charge is 0.436 e. The zero-order chi connectivity index (χ0) is 5.70. The van der Waals surface area contributed by atoms with Gasteiger partial charge in [-0.05, 0) is 0 Å². The van der Waals surface area contributed by atoms with E-state index in [0.29, 0.717) is 0 Å². The first kappa shape index (κ1) is 6.39. The van der Waals surface area contributed by atoms with E-state index in [1.807, 2.05) is 0 Å². The Morgan fingerprint density at radius 1 is 1.86 bits per heavy atom. The molecule has 0 radical (unpaired) electrons. The molecule has 4 nitrogen and oxygen atoms in total. The topological polar surface area (TPSA) is 55.8 Å². The van der Waals surface area contributed by atoms with Gasteiger partial charge in [-0.25, -0.2) is 5.26 Å². The molecule has 0 saturated carbocycles. The Labute approximate surface area is 40.6 Å². The van der Waals surface area contributed by atoms with Gasteiger partial charge in [-0.15, -0.1) is 0 Å². The molecule has 0 aromatic rings. The van der Waals surface area contributed by atoms with E-state index in [-0.39, 0.29) is 0 Å². The van der Waals surface area contributed by atoms with E-state index in [9.17, 15) is 4.79 Å². The van der Waals surface area contributed by atoms with Crippen LogP contribution in [0.15, 0.2) is 0 Å². The van der Waals surface area contributed by atoms with Crippen molar-refractivity contribution >= 4 is 5.97 Å². The SMILES string of the molecule is CC(=O)OCOO. The van der Waals surface area contributed by atoms with Crippen molar-refractivity contribution in [3.63, 3.8) is 0 Å². The third-order valence-corrected chi connectivity index (χ3v) is 0.315. The quantitative estimate of drug-likeness (QED) is 0.233. The zero-order valence-electron chi connectivity index (χ0n) is 3.88. The van der Waals surface area contributed by atoms with Crippen LogP contribution >= 0.6 is 0 Å². The van der Waals surface area contributed by atoms with Gasteiger partial charge in [-0.3, -0.25) is 4.79 Å². The van der Waals surface area contributed by atoms with Crippen molar-refractivity contribution in [1.29, 1.82) is 0 Å². The number of rotatable bonds is 2. The van der Waals surface area contributed by atoms with E-state index in [1.165, 1.54) is 6.92 Å². The average molecular weight is 106 g/mol. The van der Waals surface area contributed by atoms with E-state index in [0.717, 1.165) is 0 Å². The first-order chi connectivity index (χ1) is 3.27. The lowest BCUT2D eigenvalue weighted by molar-refractivity contribution is -0.289. The molecule has 0 aliphatic rings. The summed E-state index contributed by atoms with van der Waals surface area (Å²) in [6, 6.07) is 0. The number of hydrogen-bond acceptors (Lipinski definition) is 4. The highest BCUT2D eigenvalue weighted by Gasteiger charge is 1.86.